The van der Waals surface area contributed by atoms with E-state index in [-0.39, 0.29) is 23.6 Å². The van der Waals surface area contributed by atoms with Crippen LogP contribution in [0.5, 0.6) is 11.5 Å². The summed E-state index contributed by atoms with van der Waals surface area (Å²) in [6.45, 7) is 5.74. The van der Waals surface area contributed by atoms with Crippen molar-refractivity contribution in [2.75, 3.05) is 39.6 Å². The Bertz CT molecular complexity index is 1130. The lowest BCUT2D eigenvalue weighted by Crippen LogP contribution is -2.61. The van der Waals surface area contributed by atoms with E-state index in [1.807, 2.05) is 48.5 Å². The lowest BCUT2D eigenvalue weighted by molar-refractivity contribution is -0.136. The summed E-state index contributed by atoms with van der Waals surface area (Å²) in [5.74, 6) is 0.652. The fourth-order valence-corrected chi connectivity index (χ4v) is 4.44. The fourth-order valence-electron chi connectivity index (χ4n) is 4.44. The molecule has 2 aliphatic heterocycles. The van der Waals surface area contributed by atoms with Gasteiger partial charge in [-0.25, -0.2) is 0 Å². The van der Waals surface area contributed by atoms with E-state index in [2.05, 4.69) is 21.3 Å². The summed E-state index contributed by atoms with van der Waals surface area (Å²) in [7, 11) is 0. The van der Waals surface area contributed by atoms with Crippen molar-refractivity contribution >= 4 is 23.6 Å². The standard InChI is InChI=1S/C30H38N4O8/c1-19-27(35)33-25(29(37)31-19)17-21-3-7-23(8-4-21)41-15-13-39-11-12-40-14-16-42-24-9-5-22(6-10-24)18-26-30(38)32-20(2)28(36)34-26/h3-10,19-20,25-26H,11-18H2,1-2H3,(H,31,37)(H,32,38)(H,33,35)(H,34,36)/t19-,20-,25-,26-/m0/s1. The third kappa shape index (κ3) is 9.18. The van der Waals surface area contributed by atoms with E-state index in [0.29, 0.717) is 64.0 Å². The number of carbonyl (C=O) groups is 4. The average Bonchev–Trinajstić information content (AvgIpc) is 2.97. The Morgan fingerprint density at radius 1 is 0.500 bits per heavy atom. The van der Waals surface area contributed by atoms with Crippen LogP contribution in [-0.2, 0) is 41.5 Å². The molecule has 0 saturated carbocycles. The summed E-state index contributed by atoms with van der Waals surface area (Å²) < 4.78 is 22.5. The molecule has 2 aliphatic rings. The Morgan fingerprint density at radius 3 is 1.24 bits per heavy atom. The fraction of sp³-hybridized carbons (Fsp3) is 0.467. The number of nitrogens with one attached hydrogen (secondary N) is 4. The largest absolute Gasteiger partial charge is 0.491 e. The van der Waals surface area contributed by atoms with Crippen LogP contribution in [-0.4, -0.2) is 87.4 Å². The van der Waals surface area contributed by atoms with Crippen LogP contribution in [0.1, 0.15) is 25.0 Å². The van der Waals surface area contributed by atoms with Gasteiger partial charge in [-0.3, -0.25) is 19.2 Å². The maximum atomic E-state index is 12.1. The van der Waals surface area contributed by atoms with Gasteiger partial charge in [0, 0.05) is 12.8 Å². The number of ether oxygens (including phenoxy) is 4. The van der Waals surface area contributed by atoms with E-state index in [4.69, 9.17) is 18.9 Å². The highest BCUT2D eigenvalue weighted by atomic mass is 16.6. The van der Waals surface area contributed by atoms with Gasteiger partial charge in [0.15, 0.2) is 0 Å². The van der Waals surface area contributed by atoms with Crippen molar-refractivity contribution in [1.29, 1.82) is 0 Å². The topological polar surface area (TPSA) is 153 Å². The van der Waals surface area contributed by atoms with E-state index < -0.39 is 24.2 Å². The number of carbonyl (C=O) groups excluding carboxylic acids is 4. The van der Waals surface area contributed by atoms with E-state index in [1.54, 1.807) is 13.8 Å². The molecular weight excluding hydrogens is 544 g/mol. The van der Waals surface area contributed by atoms with Gasteiger partial charge in [-0.05, 0) is 49.2 Å². The predicted molar refractivity (Wildman–Crippen MR) is 152 cm³/mol. The average molecular weight is 583 g/mol. The van der Waals surface area contributed by atoms with Crippen molar-refractivity contribution in [3.05, 3.63) is 59.7 Å². The van der Waals surface area contributed by atoms with Crippen LogP contribution >= 0.6 is 0 Å². The monoisotopic (exact) mass is 582 g/mol. The third-order valence-corrected chi connectivity index (χ3v) is 6.86. The summed E-state index contributed by atoms with van der Waals surface area (Å²) in [4.78, 5) is 47.7. The Morgan fingerprint density at radius 2 is 0.857 bits per heavy atom. The molecule has 0 radical (unpaired) electrons. The number of benzene rings is 2. The lowest BCUT2D eigenvalue weighted by Gasteiger charge is -2.27. The minimum Gasteiger partial charge on any atom is -0.491 e. The summed E-state index contributed by atoms with van der Waals surface area (Å²) in [5, 5.41) is 10.8. The Labute approximate surface area is 244 Å². The molecule has 42 heavy (non-hydrogen) atoms. The van der Waals surface area contributed by atoms with Crippen molar-refractivity contribution in [2.45, 2.75) is 50.9 Å². The van der Waals surface area contributed by atoms with E-state index >= 15 is 0 Å². The number of hydrogen-bond donors (Lipinski definition) is 4. The molecule has 4 atom stereocenters. The molecule has 12 heteroatoms. The van der Waals surface area contributed by atoms with Crippen LogP contribution in [0.15, 0.2) is 48.5 Å². The predicted octanol–water partition coefficient (Wildman–Crippen LogP) is 0.269. The third-order valence-electron chi connectivity index (χ3n) is 6.86. The zero-order chi connectivity index (χ0) is 29.9. The molecule has 0 spiro atoms. The van der Waals surface area contributed by atoms with Crippen molar-refractivity contribution in [3.8, 4) is 11.5 Å². The van der Waals surface area contributed by atoms with Crippen LogP contribution < -0.4 is 30.7 Å². The highest BCUT2D eigenvalue weighted by Gasteiger charge is 2.31. The number of piperazine rings is 2. The lowest BCUT2D eigenvalue weighted by atomic mass is 10.0. The van der Waals surface area contributed by atoms with Crippen LogP contribution in [0.3, 0.4) is 0 Å². The Balaban J connectivity index is 1.01. The van der Waals surface area contributed by atoms with Gasteiger partial charge in [0.25, 0.3) is 0 Å². The van der Waals surface area contributed by atoms with Crippen molar-refractivity contribution in [1.82, 2.24) is 21.3 Å². The molecule has 4 rings (SSSR count). The zero-order valence-corrected chi connectivity index (χ0v) is 23.9. The van der Waals surface area contributed by atoms with Gasteiger partial charge in [-0.2, -0.15) is 0 Å². The van der Waals surface area contributed by atoms with Crippen LogP contribution in [0.25, 0.3) is 0 Å². The van der Waals surface area contributed by atoms with Crippen molar-refractivity contribution < 1.29 is 38.1 Å². The highest BCUT2D eigenvalue weighted by Crippen LogP contribution is 2.16. The number of amides is 4. The van der Waals surface area contributed by atoms with Crippen LogP contribution in [0.4, 0.5) is 0 Å². The summed E-state index contributed by atoms with van der Waals surface area (Å²) in [5.41, 5.74) is 1.84. The van der Waals surface area contributed by atoms with Gasteiger partial charge >= 0.3 is 0 Å². The number of rotatable bonds is 15. The molecule has 4 amide bonds. The molecule has 0 unspecified atom stereocenters. The second-order valence-corrected chi connectivity index (χ2v) is 10.2. The minimum absolute atomic E-state index is 0.182. The minimum atomic E-state index is -0.575. The van der Waals surface area contributed by atoms with Gasteiger partial charge in [-0.15, -0.1) is 0 Å². The van der Waals surface area contributed by atoms with Crippen molar-refractivity contribution in [2.24, 2.45) is 0 Å². The van der Waals surface area contributed by atoms with Crippen molar-refractivity contribution in [3.63, 3.8) is 0 Å². The first kappa shape index (κ1) is 30.8. The second-order valence-electron chi connectivity index (χ2n) is 10.2. The quantitative estimate of drug-likeness (QED) is 0.218. The first-order valence-corrected chi connectivity index (χ1v) is 14.1. The molecule has 2 heterocycles. The first-order valence-electron chi connectivity index (χ1n) is 14.1. The van der Waals surface area contributed by atoms with Gasteiger partial charge in [0.1, 0.15) is 48.9 Å². The molecule has 4 N–H and O–H groups in total. The summed E-state index contributed by atoms with van der Waals surface area (Å²) in [6.07, 6.45) is 0.822. The molecule has 0 aromatic heterocycles. The summed E-state index contributed by atoms with van der Waals surface area (Å²) >= 11 is 0. The van der Waals surface area contributed by atoms with E-state index in [0.717, 1.165) is 11.1 Å². The molecule has 2 saturated heterocycles. The normalized spacial score (nSPS) is 22.0. The van der Waals surface area contributed by atoms with Gasteiger partial charge < -0.3 is 40.2 Å². The highest BCUT2D eigenvalue weighted by molar-refractivity contribution is 5.97. The maximum Gasteiger partial charge on any atom is 0.243 e. The SMILES string of the molecule is C[C@@H]1NC(=O)[C@H](Cc2ccc(OCCOCCOCCOc3ccc(C[C@@H]4NC(=O)[C@H](C)NC4=O)cc3)cc2)NC1=O. The second kappa shape index (κ2) is 15.2. The van der Waals surface area contributed by atoms with Crippen LogP contribution in [0, 0.1) is 0 Å². The molecular formula is C30H38N4O8. The van der Waals surface area contributed by atoms with Crippen LogP contribution in [0.2, 0.25) is 0 Å². The molecule has 0 aliphatic carbocycles. The first-order chi connectivity index (χ1) is 20.3. The van der Waals surface area contributed by atoms with Gasteiger partial charge in [-0.1, -0.05) is 24.3 Å². The molecule has 2 aromatic rings. The van der Waals surface area contributed by atoms with E-state index in [1.165, 1.54) is 0 Å². The molecule has 226 valence electrons. The van der Waals surface area contributed by atoms with E-state index in [9.17, 15) is 19.2 Å². The molecule has 2 fully saturated rings. The van der Waals surface area contributed by atoms with Gasteiger partial charge in [0.2, 0.25) is 23.6 Å². The maximum absolute atomic E-state index is 12.1. The zero-order valence-electron chi connectivity index (χ0n) is 23.9. The molecule has 12 nitrogen and oxygen atoms in total. The summed E-state index contributed by atoms with van der Waals surface area (Å²) in [6, 6.07) is 12.6. The molecule has 2 aromatic carbocycles. The molecule has 0 bridgehead atoms. The smallest absolute Gasteiger partial charge is 0.243 e. The Hall–Kier alpha value is -4.16. The number of hydrogen-bond acceptors (Lipinski definition) is 8. The van der Waals surface area contributed by atoms with Gasteiger partial charge in [0.05, 0.1) is 26.4 Å². The Kier molecular flexibility index (Phi) is 11.1.